The fraction of sp³-hybridized carbons (Fsp3) is 0.0769. The quantitative estimate of drug-likeness (QED) is 0.580. The van der Waals surface area contributed by atoms with E-state index in [1.807, 2.05) is 24.3 Å². The molecule has 0 aliphatic rings. The first-order valence-corrected chi connectivity index (χ1v) is 6.00. The van der Waals surface area contributed by atoms with Crippen molar-refractivity contribution in [2.24, 2.45) is 0 Å². The smallest absolute Gasteiger partial charge is 0.271 e. The summed E-state index contributed by atoms with van der Waals surface area (Å²) in [6.45, 7) is 0.391. The van der Waals surface area contributed by atoms with Gasteiger partial charge in [-0.3, -0.25) is 10.1 Å². The normalized spacial score (nSPS) is 10.6. The van der Waals surface area contributed by atoms with Crippen molar-refractivity contribution in [2.75, 3.05) is 5.32 Å². The minimum atomic E-state index is -0.421. The number of benzene rings is 2. The molecule has 0 saturated carbocycles. The predicted molar refractivity (Wildman–Crippen MR) is 74.2 cm³/mol. The van der Waals surface area contributed by atoms with Gasteiger partial charge < -0.3 is 5.32 Å². The highest BCUT2D eigenvalue weighted by atomic mass is 16.6. The molecule has 3 rings (SSSR count). The van der Waals surface area contributed by atoms with Gasteiger partial charge in [-0.1, -0.05) is 23.4 Å². The van der Waals surface area contributed by atoms with Crippen LogP contribution in [0.1, 0.15) is 0 Å². The van der Waals surface area contributed by atoms with Crippen LogP contribution in [0.4, 0.5) is 11.4 Å². The van der Waals surface area contributed by atoms with E-state index in [0.29, 0.717) is 12.4 Å². The SMILES string of the molecule is O=[N+]([O-])c1cccc(NCn2nnc3ccccc32)c1. The molecule has 0 bridgehead atoms. The molecule has 0 saturated heterocycles. The molecule has 0 fully saturated rings. The van der Waals surface area contributed by atoms with E-state index in [1.165, 1.54) is 12.1 Å². The Balaban J connectivity index is 1.79. The highest BCUT2D eigenvalue weighted by molar-refractivity contribution is 5.73. The van der Waals surface area contributed by atoms with Crippen molar-refractivity contribution in [3.63, 3.8) is 0 Å². The molecule has 20 heavy (non-hydrogen) atoms. The summed E-state index contributed by atoms with van der Waals surface area (Å²) in [5.74, 6) is 0. The number of nitro groups is 1. The van der Waals surface area contributed by atoms with Crippen LogP contribution in [-0.2, 0) is 6.67 Å². The second-order valence-corrected chi connectivity index (χ2v) is 4.22. The van der Waals surface area contributed by atoms with Gasteiger partial charge in [0.05, 0.1) is 10.4 Å². The maximum absolute atomic E-state index is 10.7. The number of rotatable bonds is 4. The van der Waals surface area contributed by atoms with Crippen molar-refractivity contribution in [1.82, 2.24) is 15.0 Å². The van der Waals surface area contributed by atoms with Crippen LogP contribution in [0.25, 0.3) is 11.0 Å². The molecule has 1 heterocycles. The van der Waals surface area contributed by atoms with Crippen LogP contribution in [0, 0.1) is 10.1 Å². The molecule has 0 aliphatic heterocycles. The molecule has 1 N–H and O–H groups in total. The molecular formula is C13H11N5O2. The van der Waals surface area contributed by atoms with Crippen LogP contribution < -0.4 is 5.32 Å². The molecule has 7 heteroatoms. The van der Waals surface area contributed by atoms with E-state index in [9.17, 15) is 10.1 Å². The standard InChI is InChI=1S/C13H11N5O2/c19-18(20)11-5-3-4-10(8-11)14-9-17-13-7-2-1-6-12(13)15-16-17/h1-8,14H,9H2. The van der Waals surface area contributed by atoms with Crippen LogP contribution in [0.15, 0.2) is 48.5 Å². The third-order valence-corrected chi connectivity index (χ3v) is 2.91. The van der Waals surface area contributed by atoms with Gasteiger partial charge in [-0.25, -0.2) is 4.68 Å². The molecule has 7 nitrogen and oxygen atoms in total. The molecule has 1 aromatic heterocycles. The molecule has 0 radical (unpaired) electrons. The van der Waals surface area contributed by atoms with E-state index < -0.39 is 4.92 Å². The number of anilines is 1. The molecule has 0 unspecified atom stereocenters. The van der Waals surface area contributed by atoms with Gasteiger partial charge in [0, 0.05) is 17.8 Å². The van der Waals surface area contributed by atoms with Gasteiger partial charge in [0.15, 0.2) is 0 Å². The monoisotopic (exact) mass is 269 g/mol. The Labute approximate surface area is 114 Å². The number of para-hydroxylation sites is 1. The van der Waals surface area contributed by atoms with Crippen molar-refractivity contribution < 1.29 is 4.92 Å². The number of nitro benzene ring substituents is 1. The highest BCUT2D eigenvalue weighted by Crippen LogP contribution is 2.17. The number of aromatic nitrogens is 3. The van der Waals surface area contributed by atoms with Crippen LogP contribution in [0.3, 0.4) is 0 Å². The predicted octanol–water partition coefficient (Wildman–Crippen LogP) is 2.41. The lowest BCUT2D eigenvalue weighted by Crippen LogP contribution is -2.09. The van der Waals surface area contributed by atoms with Crippen LogP contribution in [0.5, 0.6) is 0 Å². The average molecular weight is 269 g/mol. The van der Waals surface area contributed by atoms with E-state index >= 15 is 0 Å². The van der Waals surface area contributed by atoms with Gasteiger partial charge >= 0.3 is 0 Å². The third-order valence-electron chi connectivity index (χ3n) is 2.91. The van der Waals surface area contributed by atoms with Crippen LogP contribution in [-0.4, -0.2) is 19.9 Å². The molecule has 100 valence electrons. The Hall–Kier alpha value is -2.96. The average Bonchev–Trinajstić information content (AvgIpc) is 2.89. The largest absolute Gasteiger partial charge is 0.366 e. The van der Waals surface area contributed by atoms with Crippen molar-refractivity contribution >= 4 is 22.4 Å². The Morgan fingerprint density at radius 1 is 1.20 bits per heavy atom. The van der Waals surface area contributed by atoms with Crippen LogP contribution >= 0.6 is 0 Å². The van der Waals surface area contributed by atoms with Gasteiger partial charge in [0.1, 0.15) is 12.2 Å². The Kier molecular flexibility index (Phi) is 3.00. The Bertz CT molecular complexity index is 768. The lowest BCUT2D eigenvalue weighted by molar-refractivity contribution is -0.384. The minimum Gasteiger partial charge on any atom is -0.366 e. The molecule has 0 amide bonds. The summed E-state index contributed by atoms with van der Waals surface area (Å²) in [4.78, 5) is 10.3. The van der Waals surface area contributed by atoms with Crippen molar-refractivity contribution in [3.05, 3.63) is 58.6 Å². The van der Waals surface area contributed by atoms with Crippen molar-refractivity contribution in [2.45, 2.75) is 6.67 Å². The summed E-state index contributed by atoms with van der Waals surface area (Å²) in [6.07, 6.45) is 0. The van der Waals surface area contributed by atoms with Gasteiger partial charge in [0.25, 0.3) is 5.69 Å². The number of hydrogen-bond acceptors (Lipinski definition) is 5. The number of nitrogens with zero attached hydrogens (tertiary/aromatic N) is 4. The molecular weight excluding hydrogens is 258 g/mol. The minimum absolute atomic E-state index is 0.0541. The molecule has 0 aliphatic carbocycles. The fourth-order valence-electron chi connectivity index (χ4n) is 1.93. The second kappa shape index (κ2) is 4.96. The zero-order chi connectivity index (χ0) is 13.9. The lowest BCUT2D eigenvalue weighted by atomic mass is 10.3. The van der Waals surface area contributed by atoms with E-state index in [4.69, 9.17) is 0 Å². The topological polar surface area (TPSA) is 85.9 Å². The third kappa shape index (κ3) is 2.28. The molecule has 0 spiro atoms. The van der Waals surface area contributed by atoms with Gasteiger partial charge in [-0.2, -0.15) is 0 Å². The Morgan fingerprint density at radius 3 is 2.90 bits per heavy atom. The zero-order valence-corrected chi connectivity index (χ0v) is 10.4. The van der Waals surface area contributed by atoms with E-state index in [-0.39, 0.29) is 5.69 Å². The summed E-state index contributed by atoms with van der Waals surface area (Å²) in [5, 5.41) is 21.9. The number of nitrogens with one attached hydrogen (secondary N) is 1. The van der Waals surface area contributed by atoms with Gasteiger partial charge in [-0.15, -0.1) is 5.10 Å². The second-order valence-electron chi connectivity index (χ2n) is 4.22. The maximum Gasteiger partial charge on any atom is 0.271 e. The molecule has 0 atom stereocenters. The number of fused-ring (bicyclic) bond motifs is 1. The zero-order valence-electron chi connectivity index (χ0n) is 10.4. The first-order valence-electron chi connectivity index (χ1n) is 6.00. The fourth-order valence-corrected chi connectivity index (χ4v) is 1.93. The van der Waals surface area contributed by atoms with Gasteiger partial charge in [-0.05, 0) is 18.2 Å². The van der Waals surface area contributed by atoms with Crippen molar-refractivity contribution in [3.8, 4) is 0 Å². The van der Waals surface area contributed by atoms with E-state index in [2.05, 4.69) is 15.6 Å². The highest BCUT2D eigenvalue weighted by Gasteiger charge is 2.06. The maximum atomic E-state index is 10.7. The first-order chi connectivity index (χ1) is 9.74. The summed E-state index contributed by atoms with van der Waals surface area (Å²) >= 11 is 0. The number of hydrogen-bond donors (Lipinski definition) is 1. The molecule has 2 aromatic carbocycles. The first kappa shape index (κ1) is 12.1. The van der Waals surface area contributed by atoms with Crippen LogP contribution in [0.2, 0.25) is 0 Å². The summed E-state index contributed by atoms with van der Waals surface area (Å²) in [7, 11) is 0. The summed E-state index contributed by atoms with van der Waals surface area (Å²) in [6, 6.07) is 14.0. The van der Waals surface area contributed by atoms with E-state index in [1.54, 1.807) is 16.8 Å². The summed E-state index contributed by atoms with van der Waals surface area (Å²) in [5.41, 5.74) is 2.44. The molecule has 3 aromatic rings. The number of non-ortho nitro benzene ring substituents is 1. The van der Waals surface area contributed by atoms with Gasteiger partial charge in [0.2, 0.25) is 0 Å². The lowest BCUT2D eigenvalue weighted by Gasteiger charge is -2.06. The van der Waals surface area contributed by atoms with Crippen molar-refractivity contribution in [1.29, 1.82) is 0 Å². The Morgan fingerprint density at radius 2 is 2.05 bits per heavy atom. The summed E-state index contributed by atoms with van der Waals surface area (Å²) < 4.78 is 1.70. The van der Waals surface area contributed by atoms with E-state index in [0.717, 1.165) is 11.0 Å².